The van der Waals surface area contributed by atoms with E-state index < -0.39 is 11.5 Å². The Labute approximate surface area is 148 Å². The number of hydrogen-bond donors (Lipinski definition) is 4. The predicted molar refractivity (Wildman–Crippen MR) is 95.6 cm³/mol. The molecule has 9 heteroatoms. The molecule has 0 saturated carbocycles. The number of amides is 1. The van der Waals surface area contributed by atoms with Gasteiger partial charge in [0.1, 0.15) is 11.3 Å². The van der Waals surface area contributed by atoms with Gasteiger partial charge in [-0.3, -0.25) is 19.1 Å². The molecule has 1 heterocycles. The van der Waals surface area contributed by atoms with Crippen LogP contribution < -0.4 is 11.0 Å². The van der Waals surface area contributed by atoms with Crippen molar-refractivity contribution in [2.24, 2.45) is 5.10 Å². The summed E-state index contributed by atoms with van der Waals surface area (Å²) in [6, 6.07) is 5.97. The van der Waals surface area contributed by atoms with Crippen LogP contribution in [0.1, 0.15) is 35.7 Å². The molecule has 1 aromatic heterocycles. The molecule has 0 aliphatic rings. The molecule has 0 unspecified atom stereocenters. The zero-order valence-corrected chi connectivity index (χ0v) is 14.3. The van der Waals surface area contributed by atoms with E-state index in [9.17, 15) is 19.8 Å². The number of benzene rings is 1. The SMILES string of the molecule is CCCCn1c(O)c(C=NNC(=O)c2ccccc2O)c(=O)[nH]c1=S. The Morgan fingerprint density at radius 3 is 2.80 bits per heavy atom. The quantitative estimate of drug-likeness (QED) is 0.355. The van der Waals surface area contributed by atoms with Crippen molar-refractivity contribution in [3.05, 3.63) is 50.5 Å². The van der Waals surface area contributed by atoms with Gasteiger partial charge in [-0.1, -0.05) is 25.5 Å². The number of rotatable bonds is 6. The number of nitrogens with zero attached hydrogens (tertiary/aromatic N) is 2. The second-order valence-electron chi connectivity index (χ2n) is 5.22. The van der Waals surface area contributed by atoms with Crippen molar-refractivity contribution in [3.8, 4) is 11.6 Å². The summed E-state index contributed by atoms with van der Waals surface area (Å²) in [4.78, 5) is 26.3. The van der Waals surface area contributed by atoms with Crippen molar-refractivity contribution in [2.75, 3.05) is 0 Å². The maximum atomic E-state index is 11.9. The Balaban J connectivity index is 2.23. The van der Waals surface area contributed by atoms with Crippen molar-refractivity contribution >= 4 is 24.3 Å². The lowest BCUT2D eigenvalue weighted by Crippen LogP contribution is -2.21. The number of H-pyrrole nitrogens is 1. The molecule has 0 radical (unpaired) electrons. The summed E-state index contributed by atoms with van der Waals surface area (Å²) in [7, 11) is 0. The van der Waals surface area contributed by atoms with Gasteiger partial charge in [-0.2, -0.15) is 5.10 Å². The normalized spacial score (nSPS) is 10.9. The van der Waals surface area contributed by atoms with E-state index in [1.165, 1.54) is 16.7 Å². The monoisotopic (exact) mass is 362 g/mol. The molecule has 8 nitrogen and oxygen atoms in total. The maximum Gasteiger partial charge on any atom is 0.275 e. The van der Waals surface area contributed by atoms with Gasteiger partial charge in [-0.15, -0.1) is 0 Å². The van der Waals surface area contributed by atoms with Crippen molar-refractivity contribution in [1.82, 2.24) is 15.0 Å². The molecule has 0 aliphatic heterocycles. The molecule has 1 aromatic carbocycles. The zero-order chi connectivity index (χ0) is 18.4. The van der Waals surface area contributed by atoms with Gasteiger partial charge >= 0.3 is 0 Å². The van der Waals surface area contributed by atoms with Gasteiger partial charge in [-0.25, -0.2) is 5.43 Å². The van der Waals surface area contributed by atoms with Crippen molar-refractivity contribution < 1.29 is 15.0 Å². The lowest BCUT2D eigenvalue weighted by Gasteiger charge is -2.10. The number of hydrazone groups is 1. The Hall–Kier alpha value is -2.94. The summed E-state index contributed by atoms with van der Waals surface area (Å²) >= 11 is 5.04. The number of carbonyl (C=O) groups is 1. The molecule has 1 amide bonds. The maximum absolute atomic E-state index is 11.9. The number of unbranched alkanes of at least 4 members (excludes halogenated alkanes) is 1. The standard InChI is InChI=1S/C16H18N4O4S/c1-2-3-8-20-15(24)11(13(22)18-16(20)25)9-17-19-14(23)10-6-4-5-7-12(10)21/h4-7,9,21,24H,2-3,8H2,1H3,(H,19,23)(H,18,22,25). The number of nitrogens with one attached hydrogen (secondary N) is 2. The number of phenolic OH excluding ortho intramolecular Hbond substituents is 1. The molecule has 25 heavy (non-hydrogen) atoms. The van der Waals surface area contributed by atoms with Gasteiger partial charge in [0.2, 0.25) is 5.88 Å². The largest absolute Gasteiger partial charge is 0.507 e. The summed E-state index contributed by atoms with van der Waals surface area (Å²) in [6.07, 6.45) is 2.69. The van der Waals surface area contributed by atoms with Crippen molar-refractivity contribution in [1.29, 1.82) is 0 Å². The zero-order valence-electron chi connectivity index (χ0n) is 13.5. The van der Waals surface area contributed by atoms with E-state index in [1.807, 2.05) is 6.92 Å². The number of para-hydroxylation sites is 1. The smallest absolute Gasteiger partial charge is 0.275 e. The number of aromatic hydroxyl groups is 2. The Bertz CT molecular complexity index is 917. The lowest BCUT2D eigenvalue weighted by atomic mass is 10.2. The van der Waals surface area contributed by atoms with Crippen LogP contribution in [0.5, 0.6) is 11.6 Å². The van der Waals surface area contributed by atoms with Crippen molar-refractivity contribution in [2.45, 2.75) is 26.3 Å². The fourth-order valence-corrected chi connectivity index (χ4v) is 2.37. The van der Waals surface area contributed by atoms with Crippen molar-refractivity contribution in [3.63, 3.8) is 0 Å². The van der Waals surface area contributed by atoms with E-state index >= 15 is 0 Å². The van der Waals surface area contributed by atoms with Crippen LogP contribution in [-0.4, -0.2) is 31.9 Å². The number of aromatic nitrogens is 2. The van der Waals surface area contributed by atoms with Crippen LogP contribution >= 0.6 is 12.2 Å². The van der Waals surface area contributed by atoms with E-state index in [-0.39, 0.29) is 27.5 Å². The molecule has 132 valence electrons. The topological polar surface area (TPSA) is 120 Å². The first-order valence-electron chi connectivity index (χ1n) is 7.63. The van der Waals surface area contributed by atoms with Crippen LogP contribution in [0, 0.1) is 4.77 Å². The van der Waals surface area contributed by atoms with E-state index in [1.54, 1.807) is 12.1 Å². The molecule has 0 bridgehead atoms. The lowest BCUT2D eigenvalue weighted by molar-refractivity contribution is 0.0952. The highest BCUT2D eigenvalue weighted by atomic mass is 32.1. The van der Waals surface area contributed by atoms with Crippen LogP contribution in [0.3, 0.4) is 0 Å². The Morgan fingerprint density at radius 1 is 1.40 bits per heavy atom. The average molecular weight is 362 g/mol. The third kappa shape index (κ3) is 4.32. The highest BCUT2D eigenvalue weighted by Gasteiger charge is 2.12. The molecule has 0 spiro atoms. The summed E-state index contributed by atoms with van der Waals surface area (Å²) in [5.41, 5.74) is 1.49. The van der Waals surface area contributed by atoms with Gasteiger partial charge in [-0.05, 0) is 30.8 Å². The van der Waals surface area contributed by atoms with Crippen LogP contribution in [-0.2, 0) is 6.54 Å². The average Bonchev–Trinajstić information content (AvgIpc) is 2.57. The van der Waals surface area contributed by atoms with E-state index in [2.05, 4.69) is 15.5 Å². The molecule has 0 saturated heterocycles. The number of carbonyl (C=O) groups excluding carboxylic acids is 1. The third-order valence-corrected chi connectivity index (χ3v) is 3.77. The molecule has 0 aliphatic carbocycles. The van der Waals surface area contributed by atoms with E-state index in [0.29, 0.717) is 6.54 Å². The van der Waals surface area contributed by atoms with Crippen LogP contribution in [0.25, 0.3) is 0 Å². The molecule has 0 atom stereocenters. The summed E-state index contributed by atoms with van der Waals surface area (Å²) < 4.78 is 1.51. The Morgan fingerprint density at radius 2 is 2.12 bits per heavy atom. The van der Waals surface area contributed by atoms with Crippen LogP contribution in [0.4, 0.5) is 0 Å². The van der Waals surface area contributed by atoms with E-state index in [0.717, 1.165) is 19.1 Å². The fourth-order valence-electron chi connectivity index (χ4n) is 2.10. The van der Waals surface area contributed by atoms with E-state index in [4.69, 9.17) is 12.2 Å². The van der Waals surface area contributed by atoms with Gasteiger partial charge < -0.3 is 10.2 Å². The molecule has 2 aromatic rings. The minimum atomic E-state index is -0.649. The fraction of sp³-hybridized carbons (Fsp3) is 0.250. The van der Waals surface area contributed by atoms with Crippen LogP contribution in [0.15, 0.2) is 34.2 Å². The summed E-state index contributed by atoms with van der Waals surface area (Å²) in [5.74, 6) is -1.16. The highest BCUT2D eigenvalue weighted by Crippen LogP contribution is 2.15. The molecule has 4 N–H and O–H groups in total. The first kappa shape index (κ1) is 18.4. The number of hydrogen-bond acceptors (Lipinski definition) is 6. The first-order valence-corrected chi connectivity index (χ1v) is 8.04. The molecule has 0 fully saturated rings. The number of phenols is 1. The molecular weight excluding hydrogens is 344 g/mol. The number of aromatic amines is 1. The highest BCUT2D eigenvalue weighted by molar-refractivity contribution is 7.71. The minimum absolute atomic E-state index is 0.0386. The molecular formula is C16H18N4O4S. The predicted octanol–water partition coefficient (Wildman–Crippen LogP) is 1.88. The van der Waals surface area contributed by atoms with Crippen LogP contribution in [0.2, 0.25) is 0 Å². The first-order chi connectivity index (χ1) is 12.0. The van der Waals surface area contributed by atoms with Gasteiger partial charge in [0.15, 0.2) is 4.77 Å². The second kappa shape index (κ2) is 8.25. The summed E-state index contributed by atoms with van der Waals surface area (Å²) in [6.45, 7) is 2.44. The van der Waals surface area contributed by atoms with Gasteiger partial charge in [0.25, 0.3) is 11.5 Å². The third-order valence-electron chi connectivity index (χ3n) is 3.45. The minimum Gasteiger partial charge on any atom is -0.507 e. The Kier molecular flexibility index (Phi) is 6.07. The second-order valence-corrected chi connectivity index (χ2v) is 5.60. The molecule has 2 rings (SSSR count). The van der Waals surface area contributed by atoms with Gasteiger partial charge in [0, 0.05) is 6.54 Å². The summed E-state index contributed by atoms with van der Waals surface area (Å²) in [5, 5.41) is 23.5. The van der Waals surface area contributed by atoms with Gasteiger partial charge in [0.05, 0.1) is 11.8 Å².